The third kappa shape index (κ3) is 6.88. The van der Waals surface area contributed by atoms with E-state index >= 15 is 0 Å². The summed E-state index contributed by atoms with van der Waals surface area (Å²) in [5.41, 5.74) is -0.174. The molecule has 1 aliphatic rings. The average molecular weight is 451 g/mol. The monoisotopic (exact) mass is 450 g/mol. The fourth-order valence-electron chi connectivity index (χ4n) is 3.50. The smallest absolute Gasteiger partial charge is 0.416 e. The van der Waals surface area contributed by atoms with Crippen molar-refractivity contribution in [3.05, 3.63) is 65.7 Å². The summed E-state index contributed by atoms with van der Waals surface area (Å²) in [7, 11) is 0. The molecule has 0 radical (unpaired) electrons. The van der Waals surface area contributed by atoms with E-state index in [-0.39, 0.29) is 18.7 Å². The number of ether oxygens (including phenoxy) is 2. The van der Waals surface area contributed by atoms with E-state index in [1.807, 2.05) is 51.1 Å². The van der Waals surface area contributed by atoms with Gasteiger partial charge in [-0.1, -0.05) is 30.3 Å². The largest absolute Gasteiger partial charge is 0.492 e. The highest BCUT2D eigenvalue weighted by Gasteiger charge is 2.33. The first-order valence-electron chi connectivity index (χ1n) is 10.6. The molecule has 3 rings (SSSR count). The summed E-state index contributed by atoms with van der Waals surface area (Å²) in [6, 6.07) is 14.5. The molecule has 8 heteroatoms. The van der Waals surface area contributed by atoms with Crippen molar-refractivity contribution in [3.63, 3.8) is 0 Å². The number of carbonyl (C=O) groups excluding carboxylic acids is 1. The van der Waals surface area contributed by atoms with Crippen LogP contribution in [0.3, 0.4) is 0 Å². The molecule has 0 N–H and O–H groups in total. The number of benzene rings is 2. The van der Waals surface area contributed by atoms with Crippen molar-refractivity contribution in [3.8, 4) is 5.75 Å². The molecular weight excluding hydrogens is 421 g/mol. The van der Waals surface area contributed by atoms with E-state index in [1.165, 1.54) is 12.1 Å². The van der Waals surface area contributed by atoms with E-state index in [1.54, 1.807) is 4.90 Å². The zero-order chi connectivity index (χ0) is 23.4. The second kappa shape index (κ2) is 9.81. The lowest BCUT2D eigenvalue weighted by molar-refractivity contribution is -0.137. The van der Waals surface area contributed by atoms with Gasteiger partial charge in [0.2, 0.25) is 0 Å². The molecule has 174 valence electrons. The summed E-state index contributed by atoms with van der Waals surface area (Å²) in [5.74, 6) is 0.354. The molecule has 5 nitrogen and oxygen atoms in total. The van der Waals surface area contributed by atoms with Crippen LogP contribution in [0.15, 0.2) is 54.6 Å². The first-order chi connectivity index (χ1) is 15.0. The summed E-state index contributed by atoms with van der Waals surface area (Å²) in [5, 5.41) is 0. The van der Waals surface area contributed by atoms with Crippen LogP contribution < -0.4 is 4.74 Å². The van der Waals surface area contributed by atoms with Gasteiger partial charge in [-0.15, -0.1) is 0 Å². The number of amides is 1. The Morgan fingerprint density at radius 3 is 2.25 bits per heavy atom. The van der Waals surface area contributed by atoms with Gasteiger partial charge < -0.3 is 14.4 Å². The number of halogens is 3. The van der Waals surface area contributed by atoms with Crippen molar-refractivity contribution in [2.75, 3.05) is 26.2 Å². The van der Waals surface area contributed by atoms with Gasteiger partial charge in [-0.05, 0) is 50.6 Å². The Bertz CT molecular complexity index is 880. The van der Waals surface area contributed by atoms with Gasteiger partial charge in [0.1, 0.15) is 18.0 Å². The maximum Gasteiger partial charge on any atom is 0.416 e. The molecule has 0 aromatic heterocycles. The van der Waals surface area contributed by atoms with Crippen molar-refractivity contribution < 1.29 is 27.4 Å². The lowest BCUT2D eigenvalue weighted by Crippen LogP contribution is -2.57. The Kier molecular flexibility index (Phi) is 7.33. The molecule has 0 spiro atoms. The Morgan fingerprint density at radius 1 is 1.00 bits per heavy atom. The highest BCUT2D eigenvalue weighted by atomic mass is 19.4. The van der Waals surface area contributed by atoms with Crippen LogP contribution >= 0.6 is 0 Å². The van der Waals surface area contributed by atoms with Crippen LogP contribution in [-0.4, -0.2) is 53.8 Å². The van der Waals surface area contributed by atoms with Gasteiger partial charge in [-0.25, -0.2) is 4.79 Å². The van der Waals surface area contributed by atoms with Crippen molar-refractivity contribution in [1.82, 2.24) is 9.80 Å². The van der Waals surface area contributed by atoms with Crippen LogP contribution in [0.5, 0.6) is 5.75 Å². The number of rotatable bonds is 5. The molecule has 1 saturated heterocycles. The van der Waals surface area contributed by atoms with Gasteiger partial charge in [-0.2, -0.15) is 13.2 Å². The number of hydrogen-bond acceptors (Lipinski definition) is 4. The summed E-state index contributed by atoms with van der Waals surface area (Å²) >= 11 is 0. The van der Waals surface area contributed by atoms with Crippen LogP contribution in [0.1, 0.15) is 31.9 Å². The minimum Gasteiger partial charge on any atom is -0.492 e. The molecule has 1 heterocycles. The van der Waals surface area contributed by atoms with Crippen LogP contribution in [0.25, 0.3) is 0 Å². The van der Waals surface area contributed by atoms with E-state index in [4.69, 9.17) is 9.47 Å². The molecule has 0 bridgehead atoms. The quantitative estimate of drug-likeness (QED) is 0.628. The molecule has 2 aromatic carbocycles. The molecule has 0 saturated carbocycles. The lowest BCUT2D eigenvalue weighted by atomic mass is 10.1. The van der Waals surface area contributed by atoms with Crippen LogP contribution in [0.2, 0.25) is 0 Å². The minimum atomic E-state index is -4.39. The van der Waals surface area contributed by atoms with Gasteiger partial charge in [0, 0.05) is 26.2 Å². The predicted octanol–water partition coefficient (Wildman–Crippen LogP) is 5.21. The molecule has 2 aromatic rings. The number of piperazine rings is 1. The number of nitrogens with zero attached hydrogens (tertiary/aromatic N) is 2. The molecule has 1 fully saturated rings. The molecule has 1 amide bonds. The van der Waals surface area contributed by atoms with Crippen molar-refractivity contribution >= 4 is 6.09 Å². The zero-order valence-corrected chi connectivity index (χ0v) is 18.6. The SMILES string of the molecule is CC(C)(C)OC(=O)N1CCN(Cc2ccccc2)[C@H](COc2ccc(C(F)(F)F)cc2)C1. The maximum absolute atomic E-state index is 12.8. The average Bonchev–Trinajstić information content (AvgIpc) is 2.72. The number of hydrogen-bond donors (Lipinski definition) is 0. The second-order valence-corrected chi connectivity index (χ2v) is 8.87. The third-order valence-corrected chi connectivity index (χ3v) is 5.11. The minimum absolute atomic E-state index is 0.140. The van der Waals surface area contributed by atoms with E-state index in [2.05, 4.69) is 4.90 Å². The Hall–Kier alpha value is -2.74. The molecule has 32 heavy (non-hydrogen) atoms. The van der Waals surface area contributed by atoms with E-state index in [9.17, 15) is 18.0 Å². The first kappa shape index (κ1) is 23.9. The Labute approximate surface area is 186 Å². The van der Waals surface area contributed by atoms with Crippen molar-refractivity contribution in [2.45, 2.75) is 45.1 Å². The lowest BCUT2D eigenvalue weighted by Gasteiger charge is -2.41. The highest BCUT2D eigenvalue weighted by Crippen LogP contribution is 2.30. The predicted molar refractivity (Wildman–Crippen MR) is 115 cm³/mol. The van der Waals surface area contributed by atoms with Gasteiger partial charge in [0.05, 0.1) is 11.6 Å². The zero-order valence-electron chi connectivity index (χ0n) is 18.6. The second-order valence-electron chi connectivity index (χ2n) is 8.87. The van der Waals surface area contributed by atoms with Gasteiger partial charge in [0.15, 0.2) is 0 Å². The maximum atomic E-state index is 12.8. The first-order valence-corrected chi connectivity index (χ1v) is 10.6. The fourth-order valence-corrected chi connectivity index (χ4v) is 3.50. The summed E-state index contributed by atoms with van der Waals surface area (Å²) in [6.45, 7) is 7.95. The fraction of sp³-hybridized carbons (Fsp3) is 0.458. The van der Waals surface area contributed by atoms with Crippen molar-refractivity contribution in [1.29, 1.82) is 0 Å². The topological polar surface area (TPSA) is 42.0 Å². The van der Waals surface area contributed by atoms with Crippen LogP contribution in [-0.2, 0) is 17.5 Å². The van der Waals surface area contributed by atoms with Gasteiger partial charge in [0.25, 0.3) is 0 Å². The molecule has 0 aliphatic carbocycles. The highest BCUT2D eigenvalue weighted by molar-refractivity contribution is 5.68. The van der Waals surface area contributed by atoms with Gasteiger partial charge in [-0.3, -0.25) is 4.90 Å². The normalized spacial score (nSPS) is 17.8. The van der Waals surface area contributed by atoms with Crippen molar-refractivity contribution in [2.24, 2.45) is 0 Å². The van der Waals surface area contributed by atoms with E-state index in [0.717, 1.165) is 17.7 Å². The van der Waals surface area contributed by atoms with Gasteiger partial charge >= 0.3 is 12.3 Å². The summed E-state index contributed by atoms with van der Waals surface area (Å²) < 4.78 is 49.7. The molecule has 1 atom stereocenters. The Morgan fingerprint density at radius 2 is 1.66 bits per heavy atom. The molecule has 1 aliphatic heterocycles. The van der Waals surface area contributed by atoms with E-state index in [0.29, 0.717) is 31.9 Å². The summed E-state index contributed by atoms with van der Waals surface area (Å²) in [4.78, 5) is 16.5. The molecular formula is C24H29F3N2O3. The standard InChI is InChI=1S/C24H29F3N2O3/c1-23(2,3)32-22(30)29-14-13-28(15-18-7-5-4-6-8-18)20(16-29)17-31-21-11-9-19(10-12-21)24(25,26)27/h4-12,20H,13-17H2,1-3H3/t20-/m0/s1. The summed E-state index contributed by atoms with van der Waals surface area (Å²) in [6.07, 6.45) is -4.76. The Balaban J connectivity index is 1.69. The molecule has 0 unspecified atom stereocenters. The number of alkyl halides is 3. The third-order valence-electron chi connectivity index (χ3n) is 5.11. The van der Waals surface area contributed by atoms with Crippen LogP contribution in [0.4, 0.5) is 18.0 Å². The number of carbonyl (C=O) groups is 1. The van der Waals surface area contributed by atoms with Crippen LogP contribution in [0, 0.1) is 0 Å². The van der Waals surface area contributed by atoms with E-state index < -0.39 is 17.3 Å².